The van der Waals surface area contributed by atoms with Crippen molar-refractivity contribution in [3.05, 3.63) is 0 Å². The van der Waals surface area contributed by atoms with Crippen LogP contribution in [0.25, 0.3) is 0 Å². The maximum atomic E-state index is 9.90. The van der Waals surface area contributed by atoms with E-state index in [1.165, 1.54) is 0 Å². The average molecular weight is 178 g/mol. The summed E-state index contributed by atoms with van der Waals surface area (Å²) in [4.78, 5) is 0.831. The minimum absolute atomic E-state index is 0.0611. The van der Waals surface area contributed by atoms with Crippen LogP contribution < -0.4 is 4.90 Å². The molecule has 12 heavy (non-hydrogen) atoms. The number of aliphatic hydroxyl groups excluding tert-OH is 2. The summed E-state index contributed by atoms with van der Waals surface area (Å²) in [5.41, 5.74) is -1.01. The third kappa shape index (κ3) is 3.49. The van der Waals surface area contributed by atoms with Crippen LogP contribution in [0.5, 0.6) is 0 Å². The molecule has 4 heteroatoms. The fraction of sp³-hybridized carbons (Fsp3) is 1.00. The second kappa shape index (κ2) is 4.77. The van der Waals surface area contributed by atoms with Crippen molar-refractivity contribution in [3.63, 3.8) is 0 Å². The van der Waals surface area contributed by atoms with Gasteiger partial charge in [-0.15, -0.1) is 0 Å². The topological polar surface area (TPSA) is 65.1 Å². The van der Waals surface area contributed by atoms with Crippen LogP contribution in [0.2, 0.25) is 0 Å². The van der Waals surface area contributed by atoms with Gasteiger partial charge in [0.2, 0.25) is 5.72 Å². The molecule has 4 N–H and O–H groups in total. The Hall–Kier alpha value is -0.160. The Morgan fingerprint density at radius 1 is 1.42 bits per heavy atom. The smallest absolute Gasteiger partial charge is 0.203 e. The molecule has 0 heterocycles. The molecule has 0 aromatic carbocycles. The molecule has 0 aliphatic heterocycles. The van der Waals surface area contributed by atoms with E-state index in [-0.39, 0.29) is 13.0 Å². The Bertz CT molecular complexity index is 127. The van der Waals surface area contributed by atoms with Crippen LogP contribution in [-0.4, -0.2) is 47.9 Å². The largest absolute Gasteiger partial charge is 0.396 e. The lowest BCUT2D eigenvalue weighted by Gasteiger charge is -2.31. The Labute approximate surface area is 73.4 Å². The monoisotopic (exact) mass is 178 g/mol. The Kier molecular flexibility index (Phi) is 4.70. The van der Waals surface area contributed by atoms with Crippen LogP contribution in [0, 0.1) is 0 Å². The molecule has 0 saturated carbocycles. The standard InChI is InChI=1S/C8H19NO3/c1-7(11)6-8(12,4-5-10)9(2)3/h7,10-12H,4-6H2,1-3H3/p+1. The number of quaternary nitrogens is 1. The molecule has 0 bridgehead atoms. The lowest BCUT2D eigenvalue weighted by Crippen LogP contribution is -3.15. The normalized spacial score (nSPS) is 19.2. The summed E-state index contributed by atoms with van der Waals surface area (Å²) in [6.07, 6.45) is 0.0345. The summed E-state index contributed by atoms with van der Waals surface area (Å²) in [6, 6.07) is 0. The molecule has 2 atom stereocenters. The molecular weight excluding hydrogens is 158 g/mol. The van der Waals surface area contributed by atoms with E-state index in [0.29, 0.717) is 6.42 Å². The number of hydrogen-bond acceptors (Lipinski definition) is 3. The molecule has 0 rings (SSSR count). The van der Waals surface area contributed by atoms with Crippen LogP contribution in [0.1, 0.15) is 19.8 Å². The average Bonchev–Trinajstić information content (AvgIpc) is 1.85. The minimum atomic E-state index is -1.01. The number of hydrogen-bond donors (Lipinski definition) is 4. The van der Waals surface area contributed by atoms with Crippen LogP contribution in [-0.2, 0) is 0 Å². The molecule has 74 valence electrons. The fourth-order valence-corrected chi connectivity index (χ4v) is 1.23. The first-order chi connectivity index (χ1) is 5.42. The number of nitrogens with one attached hydrogen (secondary N) is 1. The van der Waals surface area contributed by atoms with Gasteiger partial charge in [0.1, 0.15) is 0 Å². The minimum Gasteiger partial charge on any atom is -0.396 e. The first-order valence-corrected chi connectivity index (χ1v) is 4.24. The van der Waals surface area contributed by atoms with Gasteiger partial charge in [-0.1, -0.05) is 0 Å². The molecule has 0 radical (unpaired) electrons. The maximum Gasteiger partial charge on any atom is 0.203 e. The summed E-state index contributed by atoms with van der Waals surface area (Å²) in [6.45, 7) is 1.57. The molecule has 0 aliphatic rings. The van der Waals surface area contributed by atoms with Gasteiger partial charge in [-0.25, -0.2) is 0 Å². The third-order valence-corrected chi connectivity index (χ3v) is 2.09. The molecule has 0 aromatic rings. The molecule has 4 nitrogen and oxygen atoms in total. The second-order valence-electron chi connectivity index (χ2n) is 3.56. The zero-order valence-corrected chi connectivity index (χ0v) is 8.04. The van der Waals surface area contributed by atoms with Crippen LogP contribution in [0.3, 0.4) is 0 Å². The van der Waals surface area contributed by atoms with Crippen LogP contribution in [0.15, 0.2) is 0 Å². The maximum absolute atomic E-state index is 9.90. The van der Waals surface area contributed by atoms with Gasteiger partial charge in [0, 0.05) is 0 Å². The van der Waals surface area contributed by atoms with Gasteiger partial charge in [-0.05, 0) is 6.92 Å². The number of rotatable bonds is 5. The van der Waals surface area contributed by atoms with Crippen molar-refractivity contribution in [1.29, 1.82) is 0 Å². The van der Waals surface area contributed by atoms with Gasteiger partial charge >= 0.3 is 0 Å². The van der Waals surface area contributed by atoms with E-state index in [4.69, 9.17) is 10.2 Å². The van der Waals surface area contributed by atoms with E-state index in [1.54, 1.807) is 21.0 Å². The molecule has 0 aliphatic carbocycles. The summed E-state index contributed by atoms with van der Waals surface area (Å²) >= 11 is 0. The Morgan fingerprint density at radius 3 is 2.17 bits per heavy atom. The van der Waals surface area contributed by atoms with Gasteiger partial charge < -0.3 is 20.2 Å². The fourth-order valence-electron chi connectivity index (χ4n) is 1.23. The molecule has 2 unspecified atom stereocenters. The van der Waals surface area contributed by atoms with Crippen molar-refractivity contribution in [2.24, 2.45) is 0 Å². The highest BCUT2D eigenvalue weighted by Crippen LogP contribution is 2.09. The quantitative estimate of drug-likeness (QED) is 0.367. The summed E-state index contributed by atoms with van der Waals surface area (Å²) in [5.74, 6) is 0. The van der Waals surface area contributed by atoms with Crippen molar-refractivity contribution in [1.82, 2.24) is 0 Å². The first-order valence-electron chi connectivity index (χ1n) is 4.24. The van der Waals surface area contributed by atoms with E-state index in [1.807, 2.05) is 0 Å². The predicted molar refractivity (Wildman–Crippen MR) is 45.8 cm³/mol. The van der Waals surface area contributed by atoms with Crippen molar-refractivity contribution in [2.45, 2.75) is 31.6 Å². The second-order valence-corrected chi connectivity index (χ2v) is 3.56. The summed E-state index contributed by atoms with van der Waals surface area (Å²) in [5, 5.41) is 27.7. The predicted octanol–water partition coefficient (Wildman–Crippen LogP) is -2.03. The molecular formula is C8H20NO3+. The van der Waals surface area contributed by atoms with E-state index in [9.17, 15) is 5.11 Å². The molecule has 0 fully saturated rings. The third-order valence-electron chi connectivity index (χ3n) is 2.09. The SMILES string of the molecule is CC(O)CC(O)(CCO)[NH+](C)C. The van der Waals surface area contributed by atoms with Gasteiger partial charge in [-0.3, -0.25) is 0 Å². The van der Waals surface area contributed by atoms with E-state index < -0.39 is 11.8 Å². The van der Waals surface area contributed by atoms with Gasteiger partial charge in [0.25, 0.3) is 0 Å². The zero-order chi connectivity index (χ0) is 9.78. The van der Waals surface area contributed by atoms with Crippen molar-refractivity contribution in [3.8, 4) is 0 Å². The van der Waals surface area contributed by atoms with E-state index >= 15 is 0 Å². The lowest BCUT2D eigenvalue weighted by molar-refractivity contribution is -0.945. The van der Waals surface area contributed by atoms with E-state index in [0.717, 1.165) is 4.90 Å². The van der Waals surface area contributed by atoms with Gasteiger partial charge in [-0.2, -0.15) is 0 Å². The Morgan fingerprint density at radius 2 is 1.92 bits per heavy atom. The van der Waals surface area contributed by atoms with E-state index in [2.05, 4.69) is 0 Å². The molecule has 0 amide bonds. The van der Waals surface area contributed by atoms with Crippen molar-refractivity contribution in [2.75, 3.05) is 20.7 Å². The number of aliphatic hydroxyl groups is 3. The van der Waals surface area contributed by atoms with Gasteiger partial charge in [0.15, 0.2) is 0 Å². The first kappa shape index (κ1) is 11.8. The molecule has 0 saturated heterocycles. The van der Waals surface area contributed by atoms with Crippen molar-refractivity contribution < 1.29 is 20.2 Å². The van der Waals surface area contributed by atoms with Gasteiger partial charge in [0.05, 0.1) is 39.6 Å². The zero-order valence-electron chi connectivity index (χ0n) is 8.04. The van der Waals surface area contributed by atoms with Crippen molar-refractivity contribution >= 4 is 0 Å². The summed E-state index contributed by atoms with van der Waals surface area (Å²) < 4.78 is 0. The highest BCUT2D eigenvalue weighted by Gasteiger charge is 2.34. The highest BCUT2D eigenvalue weighted by atomic mass is 16.3. The Balaban J connectivity index is 4.18. The lowest BCUT2D eigenvalue weighted by atomic mass is 10.0. The van der Waals surface area contributed by atoms with Crippen LogP contribution >= 0.6 is 0 Å². The summed E-state index contributed by atoms with van der Waals surface area (Å²) in [7, 11) is 3.61. The highest BCUT2D eigenvalue weighted by molar-refractivity contribution is 4.67. The molecule has 0 aromatic heterocycles. The molecule has 0 spiro atoms. The van der Waals surface area contributed by atoms with Crippen LogP contribution in [0.4, 0.5) is 0 Å².